The van der Waals surface area contributed by atoms with Crippen molar-refractivity contribution in [3.63, 3.8) is 0 Å². The van der Waals surface area contributed by atoms with Crippen LogP contribution in [0.15, 0.2) is 53.5 Å². The Morgan fingerprint density at radius 3 is 2.62 bits per heavy atom. The molecule has 0 aliphatic heterocycles. The van der Waals surface area contributed by atoms with Crippen LogP contribution in [0.1, 0.15) is 17.1 Å². The lowest BCUT2D eigenvalue weighted by Gasteiger charge is -2.13. The first kappa shape index (κ1) is 22.3. The van der Waals surface area contributed by atoms with Gasteiger partial charge in [-0.2, -0.15) is 0 Å². The number of anilines is 2. The number of nitrogens with one attached hydrogen (secondary N) is 3. The molecule has 0 aliphatic rings. The quantitative estimate of drug-likeness (QED) is 0.403. The maximum Gasteiger partial charge on any atom is 0.431 e. The molecule has 0 aliphatic carbocycles. The lowest BCUT2D eigenvalue weighted by molar-refractivity contribution is -0.121. The molecular weight excluding hydrogens is 414 g/mol. The molecule has 166 valence electrons. The number of benzene rings is 1. The van der Waals surface area contributed by atoms with Crippen molar-refractivity contribution in [2.24, 2.45) is 0 Å². The number of nitrogens with two attached hydrogens (primary N) is 1. The number of aryl methyl sites for hydroxylation is 2. The zero-order valence-corrected chi connectivity index (χ0v) is 17.6. The van der Waals surface area contributed by atoms with E-state index in [9.17, 15) is 14.4 Å². The molecule has 5 N–H and O–H groups in total. The minimum atomic E-state index is -0.828. The predicted octanol–water partition coefficient (Wildman–Crippen LogP) is 1.27. The van der Waals surface area contributed by atoms with Gasteiger partial charge in [-0.1, -0.05) is 18.2 Å². The van der Waals surface area contributed by atoms with E-state index < -0.39 is 17.6 Å². The molecule has 3 rings (SSSR count). The molecule has 0 fully saturated rings. The largest absolute Gasteiger partial charge is 0.431 e. The molecule has 2 aromatic heterocycles. The third kappa shape index (κ3) is 5.81. The van der Waals surface area contributed by atoms with Crippen LogP contribution >= 0.6 is 0 Å². The average Bonchev–Trinajstić information content (AvgIpc) is 2.77. The standard InChI is InChI=1S/C21H23N7O4/c1-13-8-9-16(22)17(25-13)11-23-18(29)12-28-14(2)10-24-19(20(28)30)26-27-21(31)32-15-6-4-3-5-7-15/h3-10H,11-12,22H2,1-2H3,(H,23,29)(H,24,26)(H,27,31). The van der Waals surface area contributed by atoms with E-state index in [1.807, 2.05) is 6.92 Å². The van der Waals surface area contributed by atoms with Gasteiger partial charge < -0.3 is 15.8 Å². The van der Waals surface area contributed by atoms with Gasteiger partial charge in [0.05, 0.1) is 17.9 Å². The summed E-state index contributed by atoms with van der Waals surface area (Å²) >= 11 is 0. The molecule has 0 saturated heterocycles. The summed E-state index contributed by atoms with van der Waals surface area (Å²) in [5.74, 6) is -0.244. The number of nitrogen functional groups attached to an aromatic ring is 1. The Morgan fingerprint density at radius 1 is 1.12 bits per heavy atom. The Labute approximate surface area is 183 Å². The molecule has 0 atom stereocenters. The number of para-hydroxylation sites is 1. The van der Waals surface area contributed by atoms with Crippen LogP contribution in [0.2, 0.25) is 0 Å². The number of hydrazine groups is 1. The van der Waals surface area contributed by atoms with Crippen LogP contribution in [0, 0.1) is 13.8 Å². The maximum absolute atomic E-state index is 12.7. The Balaban J connectivity index is 1.61. The summed E-state index contributed by atoms with van der Waals surface area (Å²) in [6.07, 6.45) is 0.576. The van der Waals surface area contributed by atoms with Crippen molar-refractivity contribution in [1.82, 2.24) is 25.3 Å². The normalized spacial score (nSPS) is 10.3. The molecule has 0 unspecified atom stereocenters. The monoisotopic (exact) mass is 437 g/mol. The van der Waals surface area contributed by atoms with Crippen LogP contribution < -0.4 is 32.2 Å². The second-order valence-electron chi connectivity index (χ2n) is 6.86. The van der Waals surface area contributed by atoms with Crippen LogP contribution in [0.3, 0.4) is 0 Å². The number of aromatic nitrogens is 3. The highest BCUT2D eigenvalue weighted by molar-refractivity contribution is 5.76. The highest BCUT2D eigenvalue weighted by Gasteiger charge is 2.13. The fourth-order valence-corrected chi connectivity index (χ4v) is 2.73. The molecule has 0 bridgehead atoms. The minimum absolute atomic E-state index is 0.128. The van der Waals surface area contributed by atoms with Crippen molar-refractivity contribution in [1.29, 1.82) is 0 Å². The fraction of sp³-hybridized carbons (Fsp3) is 0.190. The van der Waals surface area contributed by atoms with E-state index in [4.69, 9.17) is 10.5 Å². The summed E-state index contributed by atoms with van der Waals surface area (Å²) in [7, 11) is 0. The molecule has 32 heavy (non-hydrogen) atoms. The van der Waals surface area contributed by atoms with Crippen LogP contribution in [-0.2, 0) is 17.9 Å². The van der Waals surface area contributed by atoms with Crippen LogP contribution in [0.5, 0.6) is 5.75 Å². The molecule has 2 heterocycles. The van der Waals surface area contributed by atoms with Gasteiger partial charge in [-0.05, 0) is 38.1 Å². The topological polar surface area (TPSA) is 153 Å². The molecule has 1 aromatic carbocycles. The van der Waals surface area contributed by atoms with Gasteiger partial charge in [0.2, 0.25) is 11.7 Å². The molecule has 0 radical (unpaired) electrons. The van der Waals surface area contributed by atoms with Crippen molar-refractivity contribution in [3.05, 3.63) is 76.1 Å². The summed E-state index contributed by atoms with van der Waals surface area (Å²) in [6.45, 7) is 3.34. The van der Waals surface area contributed by atoms with Crippen molar-refractivity contribution in [2.45, 2.75) is 26.9 Å². The summed E-state index contributed by atoms with van der Waals surface area (Å²) in [5, 5.41) is 2.70. The number of carbonyl (C=O) groups is 2. The van der Waals surface area contributed by atoms with E-state index in [0.29, 0.717) is 22.8 Å². The molecule has 2 amide bonds. The fourth-order valence-electron chi connectivity index (χ4n) is 2.73. The number of amides is 2. The first-order valence-electron chi connectivity index (χ1n) is 9.67. The zero-order chi connectivity index (χ0) is 23.1. The van der Waals surface area contributed by atoms with Gasteiger partial charge in [-0.15, -0.1) is 0 Å². The summed E-state index contributed by atoms with van der Waals surface area (Å²) < 4.78 is 6.28. The number of rotatable bonds is 7. The van der Waals surface area contributed by atoms with Crippen molar-refractivity contribution < 1.29 is 14.3 Å². The third-order valence-electron chi connectivity index (χ3n) is 4.39. The maximum atomic E-state index is 12.7. The zero-order valence-electron chi connectivity index (χ0n) is 17.6. The number of hydrogen-bond donors (Lipinski definition) is 4. The highest BCUT2D eigenvalue weighted by atomic mass is 16.6. The van der Waals surface area contributed by atoms with Crippen LogP contribution in [0.25, 0.3) is 0 Å². The third-order valence-corrected chi connectivity index (χ3v) is 4.39. The second-order valence-corrected chi connectivity index (χ2v) is 6.86. The molecule has 11 heteroatoms. The van der Waals surface area contributed by atoms with Gasteiger partial charge in [0.1, 0.15) is 12.3 Å². The second kappa shape index (κ2) is 10.1. The van der Waals surface area contributed by atoms with Crippen LogP contribution in [-0.4, -0.2) is 26.5 Å². The summed E-state index contributed by atoms with van der Waals surface area (Å²) in [5.41, 5.74) is 12.2. The Hall–Kier alpha value is -4.41. The van der Waals surface area contributed by atoms with Crippen molar-refractivity contribution >= 4 is 23.5 Å². The van der Waals surface area contributed by atoms with Gasteiger partial charge in [-0.3, -0.25) is 24.6 Å². The Kier molecular flexibility index (Phi) is 7.01. The number of pyridine rings is 1. The van der Waals surface area contributed by atoms with Crippen molar-refractivity contribution in [2.75, 3.05) is 11.2 Å². The highest BCUT2D eigenvalue weighted by Crippen LogP contribution is 2.09. The number of nitrogens with zero attached hydrogens (tertiary/aromatic N) is 3. The van der Waals surface area contributed by atoms with Gasteiger partial charge in [-0.25, -0.2) is 15.2 Å². The van der Waals surface area contributed by atoms with Gasteiger partial charge in [0, 0.05) is 17.6 Å². The van der Waals surface area contributed by atoms with Gasteiger partial charge >= 0.3 is 6.09 Å². The van der Waals surface area contributed by atoms with Crippen molar-refractivity contribution in [3.8, 4) is 5.75 Å². The molecule has 0 spiro atoms. The smallest absolute Gasteiger partial charge is 0.409 e. The minimum Gasteiger partial charge on any atom is -0.409 e. The lowest BCUT2D eigenvalue weighted by atomic mass is 10.2. The molecular formula is C21H23N7O4. The Bertz CT molecular complexity index is 1180. The molecule has 3 aromatic rings. The van der Waals surface area contributed by atoms with E-state index in [1.165, 1.54) is 10.8 Å². The van der Waals surface area contributed by atoms with Crippen LogP contribution in [0.4, 0.5) is 16.3 Å². The average molecular weight is 437 g/mol. The number of carbonyl (C=O) groups excluding carboxylic acids is 2. The molecule has 11 nitrogen and oxygen atoms in total. The van der Waals surface area contributed by atoms with E-state index in [1.54, 1.807) is 49.4 Å². The van der Waals surface area contributed by atoms with Gasteiger partial charge in [0.25, 0.3) is 5.56 Å². The number of ether oxygens (including phenoxy) is 1. The van der Waals surface area contributed by atoms with E-state index in [0.717, 1.165) is 5.69 Å². The van der Waals surface area contributed by atoms with E-state index >= 15 is 0 Å². The molecule has 0 saturated carbocycles. The Morgan fingerprint density at radius 2 is 1.88 bits per heavy atom. The summed E-state index contributed by atoms with van der Waals surface area (Å²) in [6, 6.07) is 11.9. The van der Waals surface area contributed by atoms with Gasteiger partial charge in [0.15, 0.2) is 0 Å². The predicted molar refractivity (Wildman–Crippen MR) is 118 cm³/mol. The lowest BCUT2D eigenvalue weighted by Crippen LogP contribution is -2.38. The van der Waals surface area contributed by atoms with E-state index in [2.05, 4.69) is 26.1 Å². The van der Waals surface area contributed by atoms with E-state index in [-0.39, 0.29) is 18.9 Å². The first-order valence-corrected chi connectivity index (χ1v) is 9.67. The summed E-state index contributed by atoms with van der Waals surface area (Å²) in [4.78, 5) is 45.2. The number of hydrogen-bond acceptors (Lipinski definition) is 8. The SMILES string of the molecule is Cc1ccc(N)c(CNC(=O)Cn2c(C)cnc(NNC(=O)Oc3ccccc3)c2=O)n1. The first-order chi connectivity index (χ1) is 15.3.